The van der Waals surface area contributed by atoms with Crippen LogP contribution in [-0.2, 0) is 17.9 Å². The SMILES string of the molecule is CCNC(=NCC(C)Oc1cccc(OC)c1)NCCCC(=O)N1Cc2ccccc2C1.I. The second-order valence-corrected chi connectivity index (χ2v) is 7.88. The first-order valence-electron chi connectivity index (χ1n) is 11.3. The molecule has 0 fully saturated rings. The molecule has 1 aliphatic rings. The van der Waals surface area contributed by atoms with Gasteiger partial charge in [-0.3, -0.25) is 4.79 Å². The van der Waals surface area contributed by atoms with Crippen LogP contribution in [0, 0.1) is 0 Å². The predicted octanol–water partition coefficient (Wildman–Crippen LogP) is 3.96. The number of amides is 1. The van der Waals surface area contributed by atoms with E-state index in [9.17, 15) is 4.79 Å². The standard InChI is InChI=1S/C25H34N4O3.HI/c1-4-26-25(28-16-19(2)32-23-12-7-11-22(15-23)31-3)27-14-8-13-24(30)29-17-20-9-5-6-10-21(20)18-29;/h5-7,9-12,15,19H,4,8,13-14,16-18H2,1-3H3,(H2,26,27,28);1H. The van der Waals surface area contributed by atoms with Crippen molar-refractivity contribution in [2.75, 3.05) is 26.7 Å². The lowest BCUT2D eigenvalue weighted by Crippen LogP contribution is -2.39. The van der Waals surface area contributed by atoms with E-state index in [0.29, 0.717) is 19.5 Å². The van der Waals surface area contributed by atoms with Gasteiger partial charge in [0.2, 0.25) is 5.91 Å². The average Bonchev–Trinajstić information content (AvgIpc) is 3.24. The van der Waals surface area contributed by atoms with Crippen LogP contribution >= 0.6 is 24.0 Å². The molecule has 180 valence electrons. The Hall–Kier alpha value is -2.49. The molecular weight excluding hydrogens is 531 g/mol. The molecular formula is C25H35IN4O3. The molecule has 1 heterocycles. The van der Waals surface area contributed by atoms with Crippen LogP contribution in [0.15, 0.2) is 53.5 Å². The Kier molecular flexibility index (Phi) is 11.3. The first kappa shape index (κ1) is 26.8. The second kappa shape index (κ2) is 13.9. The Morgan fingerprint density at radius 3 is 2.45 bits per heavy atom. The number of hydrogen-bond acceptors (Lipinski definition) is 4. The van der Waals surface area contributed by atoms with E-state index in [4.69, 9.17) is 9.47 Å². The fourth-order valence-electron chi connectivity index (χ4n) is 3.62. The van der Waals surface area contributed by atoms with E-state index < -0.39 is 0 Å². The molecule has 33 heavy (non-hydrogen) atoms. The summed E-state index contributed by atoms with van der Waals surface area (Å²) in [5.74, 6) is 2.45. The highest BCUT2D eigenvalue weighted by Gasteiger charge is 2.22. The molecule has 7 nitrogen and oxygen atoms in total. The van der Waals surface area contributed by atoms with Gasteiger partial charge in [0.05, 0.1) is 13.7 Å². The number of nitrogens with zero attached hydrogens (tertiary/aromatic N) is 2. The van der Waals surface area contributed by atoms with Crippen LogP contribution < -0.4 is 20.1 Å². The highest BCUT2D eigenvalue weighted by molar-refractivity contribution is 14.0. The van der Waals surface area contributed by atoms with Crippen LogP contribution in [0.1, 0.15) is 37.8 Å². The smallest absolute Gasteiger partial charge is 0.223 e. The van der Waals surface area contributed by atoms with Crippen molar-refractivity contribution in [3.8, 4) is 11.5 Å². The number of guanidine groups is 1. The molecule has 2 aromatic carbocycles. The number of rotatable bonds is 10. The highest BCUT2D eigenvalue weighted by Crippen LogP contribution is 2.23. The van der Waals surface area contributed by atoms with Crippen molar-refractivity contribution in [1.82, 2.24) is 15.5 Å². The predicted molar refractivity (Wildman–Crippen MR) is 142 cm³/mol. The third-order valence-corrected chi connectivity index (χ3v) is 5.28. The zero-order valence-electron chi connectivity index (χ0n) is 19.7. The minimum absolute atomic E-state index is 0. The first-order chi connectivity index (χ1) is 15.6. The average molecular weight is 566 g/mol. The van der Waals surface area contributed by atoms with Crippen molar-refractivity contribution in [2.24, 2.45) is 4.99 Å². The van der Waals surface area contributed by atoms with Crippen LogP contribution in [0.3, 0.4) is 0 Å². The van der Waals surface area contributed by atoms with Gasteiger partial charge in [-0.15, -0.1) is 24.0 Å². The fourth-order valence-corrected chi connectivity index (χ4v) is 3.62. The summed E-state index contributed by atoms with van der Waals surface area (Å²) in [4.78, 5) is 19.1. The normalized spacial score (nSPS) is 13.5. The van der Waals surface area contributed by atoms with Crippen molar-refractivity contribution in [2.45, 2.75) is 45.9 Å². The lowest BCUT2D eigenvalue weighted by atomic mass is 10.1. The zero-order chi connectivity index (χ0) is 22.8. The van der Waals surface area contributed by atoms with Crippen LogP contribution in [0.25, 0.3) is 0 Å². The molecule has 2 N–H and O–H groups in total. The quantitative estimate of drug-likeness (QED) is 0.197. The van der Waals surface area contributed by atoms with Crippen LogP contribution in [0.5, 0.6) is 11.5 Å². The number of hydrogen-bond donors (Lipinski definition) is 2. The van der Waals surface area contributed by atoms with Crippen LogP contribution in [0.4, 0.5) is 0 Å². The highest BCUT2D eigenvalue weighted by atomic mass is 127. The number of ether oxygens (including phenoxy) is 2. The van der Waals surface area contributed by atoms with Gasteiger partial charge >= 0.3 is 0 Å². The molecule has 0 aliphatic carbocycles. The molecule has 3 rings (SSSR count). The summed E-state index contributed by atoms with van der Waals surface area (Å²) in [5, 5.41) is 6.56. The van der Waals surface area contributed by atoms with Crippen molar-refractivity contribution in [3.05, 3.63) is 59.7 Å². The summed E-state index contributed by atoms with van der Waals surface area (Å²) >= 11 is 0. The first-order valence-corrected chi connectivity index (χ1v) is 11.3. The molecule has 0 spiro atoms. The summed E-state index contributed by atoms with van der Waals surface area (Å²) in [6.07, 6.45) is 1.19. The van der Waals surface area contributed by atoms with E-state index in [1.807, 2.05) is 55.1 Å². The van der Waals surface area contributed by atoms with E-state index in [0.717, 1.165) is 43.5 Å². The number of carbonyl (C=O) groups excluding carboxylic acids is 1. The molecule has 0 radical (unpaired) electrons. The van der Waals surface area contributed by atoms with Crippen LogP contribution in [0.2, 0.25) is 0 Å². The molecule has 1 unspecified atom stereocenters. The third-order valence-electron chi connectivity index (χ3n) is 5.28. The summed E-state index contributed by atoms with van der Waals surface area (Å²) in [5.41, 5.74) is 2.51. The Morgan fingerprint density at radius 2 is 1.79 bits per heavy atom. The third kappa shape index (κ3) is 8.42. The molecule has 0 saturated carbocycles. The second-order valence-electron chi connectivity index (χ2n) is 7.88. The maximum atomic E-state index is 12.5. The van der Waals surface area contributed by atoms with Crippen LogP contribution in [-0.4, -0.2) is 49.6 Å². The summed E-state index contributed by atoms with van der Waals surface area (Å²) in [6, 6.07) is 15.8. The van der Waals surface area contributed by atoms with Gasteiger partial charge < -0.3 is 25.0 Å². The topological polar surface area (TPSA) is 75.2 Å². The van der Waals surface area contributed by atoms with Gasteiger partial charge in [0.15, 0.2) is 5.96 Å². The number of carbonyl (C=O) groups is 1. The van der Waals surface area contributed by atoms with E-state index >= 15 is 0 Å². The largest absolute Gasteiger partial charge is 0.497 e. The molecule has 0 bridgehead atoms. The number of methoxy groups -OCH3 is 1. The Balaban J connectivity index is 0.00000385. The van der Waals surface area contributed by atoms with Crippen molar-refractivity contribution in [3.63, 3.8) is 0 Å². The Bertz CT molecular complexity index is 897. The molecule has 8 heteroatoms. The van der Waals surface area contributed by atoms with Gasteiger partial charge in [-0.05, 0) is 43.5 Å². The molecule has 0 aromatic heterocycles. The van der Waals surface area contributed by atoms with Crippen molar-refractivity contribution in [1.29, 1.82) is 0 Å². The van der Waals surface area contributed by atoms with E-state index in [-0.39, 0.29) is 36.0 Å². The van der Waals surface area contributed by atoms with Crippen molar-refractivity contribution >= 4 is 35.8 Å². The maximum Gasteiger partial charge on any atom is 0.223 e. The van der Waals surface area contributed by atoms with E-state index in [1.165, 1.54) is 11.1 Å². The van der Waals surface area contributed by atoms with Gasteiger partial charge in [-0.1, -0.05) is 30.3 Å². The molecule has 1 amide bonds. The fraction of sp³-hybridized carbons (Fsp3) is 0.440. The molecule has 0 saturated heterocycles. The monoisotopic (exact) mass is 566 g/mol. The number of benzene rings is 2. The summed E-state index contributed by atoms with van der Waals surface area (Å²) < 4.78 is 11.2. The number of halogens is 1. The Morgan fingerprint density at radius 1 is 1.09 bits per heavy atom. The van der Waals surface area contributed by atoms with E-state index in [1.54, 1.807) is 7.11 Å². The van der Waals surface area contributed by atoms with Gasteiger partial charge in [-0.25, -0.2) is 4.99 Å². The maximum absolute atomic E-state index is 12.5. The van der Waals surface area contributed by atoms with E-state index in [2.05, 4.69) is 27.8 Å². The van der Waals surface area contributed by atoms with Gasteiger partial charge in [0.1, 0.15) is 17.6 Å². The lowest BCUT2D eigenvalue weighted by Gasteiger charge is -2.17. The molecule has 2 aromatic rings. The van der Waals surface area contributed by atoms with Gasteiger partial charge in [0.25, 0.3) is 0 Å². The minimum Gasteiger partial charge on any atom is -0.497 e. The van der Waals surface area contributed by atoms with Gasteiger partial charge in [-0.2, -0.15) is 0 Å². The van der Waals surface area contributed by atoms with Gasteiger partial charge in [0, 0.05) is 38.7 Å². The number of nitrogens with one attached hydrogen (secondary N) is 2. The minimum atomic E-state index is -0.0871. The van der Waals surface area contributed by atoms with Crippen molar-refractivity contribution < 1.29 is 14.3 Å². The lowest BCUT2D eigenvalue weighted by molar-refractivity contribution is -0.131. The summed E-state index contributed by atoms with van der Waals surface area (Å²) in [7, 11) is 1.64. The Labute approximate surface area is 214 Å². The number of aliphatic imine (C=N–C) groups is 1. The molecule has 1 atom stereocenters. The number of fused-ring (bicyclic) bond motifs is 1. The molecule has 1 aliphatic heterocycles. The summed E-state index contributed by atoms with van der Waals surface area (Å²) in [6.45, 7) is 7.42. The zero-order valence-corrected chi connectivity index (χ0v) is 22.0.